The van der Waals surface area contributed by atoms with Crippen molar-refractivity contribution >= 4 is 15.7 Å². The minimum Gasteiger partial charge on any atom is -0.337 e. The van der Waals surface area contributed by atoms with Crippen LogP contribution < -0.4 is 0 Å². The van der Waals surface area contributed by atoms with E-state index in [0.717, 1.165) is 24.0 Å². The molecule has 0 saturated carbocycles. The van der Waals surface area contributed by atoms with E-state index in [1.54, 1.807) is 0 Å². The van der Waals surface area contributed by atoms with Crippen molar-refractivity contribution < 1.29 is 13.2 Å². The van der Waals surface area contributed by atoms with E-state index < -0.39 is 9.84 Å². The minimum atomic E-state index is -3.05. The maximum Gasteiger partial charge on any atom is 0.224 e. The number of amides is 1. The molecule has 2 atom stereocenters. The molecule has 2 aromatic carbocycles. The number of hydrogen-bond donors (Lipinski definition) is 0. The van der Waals surface area contributed by atoms with Gasteiger partial charge in [0.2, 0.25) is 5.91 Å². The van der Waals surface area contributed by atoms with E-state index in [2.05, 4.69) is 24.3 Å². The monoisotopic (exact) mass is 397 g/mol. The van der Waals surface area contributed by atoms with E-state index in [1.165, 1.54) is 6.26 Å². The molecule has 2 heterocycles. The number of piperidine rings is 1. The average Bonchev–Trinajstić information content (AvgIpc) is 2.96. The first kappa shape index (κ1) is 19.2. The van der Waals surface area contributed by atoms with E-state index in [4.69, 9.17) is 0 Å². The summed E-state index contributed by atoms with van der Waals surface area (Å²) in [4.78, 5) is 15.4. The van der Waals surface area contributed by atoms with Crippen LogP contribution in [-0.4, -0.2) is 42.8 Å². The first-order valence-electron chi connectivity index (χ1n) is 10.0. The van der Waals surface area contributed by atoms with Crippen molar-refractivity contribution in [1.82, 2.24) is 4.90 Å². The van der Waals surface area contributed by atoms with Crippen molar-refractivity contribution in [1.29, 1.82) is 0 Å². The molecule has 4 rings (SSSR count). The van der Waals surface area contributed by atoms with E-state index in [9.17, 15) is 13.2 Å². The summed E-state index contributed by atoms with van der Waals surface area (Å²) in [5.41, 5.74) is 2.28. The lowest BCUT2D eigenvalue weighted by Crippen LogP contribution is -2.49. The normalized spacial score (nSPS) is 24.5. The van der Waals surface area contributed by atoms with Crippen molar-refractivity contribution in [3.63, 3.8) is 0 Å². The van der Waals surface area contributed by atoms with Crippen molar-refractivity contribution in [3.8, 4) is 0 Å². The Hall–Kier alpha value is -2.14. The van der Waals surface area contributed by atoms with Crippen LogP contribution in [0.25, 0.3) is 0 Å². The fraction of sp³-hybridized carbons (Fsp3) is 0.435. The van der Waals surface area contributed by atoms with E-state index >= 15 is 0 Å². The van der Waals surface area contributed by atoms with Gasteiger partial charge in [-0.1, -0.05) is 60.7 Å². The Kier molecular flexibility index (Phi) is 5.28. The lowest BCUT2D eigenvalue weighted by Gasteiger charge is -2.39. The Morgan fingerprint density at radius 1 is 0.929 bits per heavy atom. The third-order valence-corrected chi connectivity index (χ3v) is 7.96. The van der Waals surface area contributed by atoms with Gasteiger partial charge >= 0.3 is 0 Å². The SMILES string of the molecule is CS(=O)(=O)C1CC2CCC(C1)N2C(=O)CC(c1ccccc1)c1ccccc1. The predicted molar refractivity (Wildman–Crippen MR) is 111 cm³/mol. The van der Waals surface area contributed by atoms with Crippen LogP contribution in [0.15, 0.2) is 60.7 Å². The van der Waals surface area contributed by atoms with Gasteiger partial charge in [0, 0.05) is 30.7 Å². The molecule has 148 valence electrons. The first-order chi connectivity index (χ1) is 13.4. The van der Waals surface area contributed by atoms with Crippen molar-refractivity contribution in [2.24, 2.45) is 0 Å². The summed E-state index contributed by atoms with van der Waals surface area (Å²) >= 11 is 0. The molecule has 2 unspecified atom stereocenters. The number of sulfone groups is 1. The highest BCUT2D eigenvalue weighted by Gasteiger charge is 2.46. The van der Waals surface area contributed by atoms with Crippen LogP contribution in [0.3, 0.4) is 0 Å². The first-order valence-corrected chi connectivity index (χ1v) is 12.0. The highest BCUT2D eigenvalue weighted by Crippen LogP contribution is 2.40. The number of fused-ring (bicyclic) bond motifs is 2. The lowest BCUT2D eigenvalue weighted by atomic mass is 9.87. The molecule has 0 radical (unpaired) electrons. The Labute approximate surface area is 167 Å². The molecule has 2 bridgehead atoms. The molecule has 2 aliphatic rings. The molecule has 0 aliphatic carbocycles. The molecule has 5 heteroatoms. The zero-order chi connectivity index (χ0) is 19.7. The van der Waals surface area contributed by atoms with Crippen LogP contribution in [0.1, 0.15) is 49.1 Å². The number of carbonyl (C=O) groups excluding carboxylic acids is 1. The molecule has 4 nitrogen and oxygen atoms in total. The van der Waals surface area contributed by atoms with Gasteiger partial charge < -0.3 is 4.90 Å². The summed E-state index contributed by atoms with van der Waals surface area (Å²) in [6.45, 7) is 0. The Bertz CT molecular complexity index is 873. The summed E-state index contributed by atoms with van der Waals surface area (Å²) in [6, 6.07) is 20.5. The fourth-order valence-corrected chi connectivity index (χ4v) is 6.11. The smallest absolute Gasteiger partial charge is 0.224 e. The summed E-state index contributed by atoms with van der Waals surface area (Å²) in [6.07, 6.45) is 4.76. The molecular weight excluding hydrogens is 370 g/mol. The second-order valence-electron chi connectivity index (χ2n) is 8.19. The molecule has 0 spiro atoms. The highest BCUT2D eigenvalue weighted by atomic mass is 32.2. The summed E-state index contributed by atoms with van der Waals surface area (Å²) in [5.74, 6) is 0.166. The molecule has 2 fully saturated rings. The largest absolute Gasteiger partial charge is 0.337 e. The van der Waals surface area contributed by atoms with Crippen LogP contribution >= 0.6 is 0 Å². The zero-order valence-electron chi connectivity index (χ0n) is 16.2. The van der Waals surface area contributed by atoms with Gasteiger partial charge in [0.15, 0.2) is 0 Å². The zero-order valence-corrected chi connectivity index (χ0v) is 17.0. The van der Waals surface area contributed by atoms with Gasteiger partial charge in [-0.25, -0.2) is 8.42 Å². The van der Waals surface area contributed by atoms with Gasteiger partial charge in [-0.2, -0.15) is 0 Å². The molecule has 0 aromatic heterocycles. The average molecular weight is 398 g/mol. The number of carbonyl (C=O) groups is 1. The second-order valence-corrected chi connectivity index (χ2v) is 10.5. The number of rotatable bonds is 5. The van der Waals surface area contributed by atoms with Gasteiger partial charge in [0.05, 0.1) is 5.25 Å². The number of nitrogens with zero attached hydrogens (tertiary/aromatic N) is 1. The Balaban J connectivity index is 1.56. The van der Waals surface area contributed by atoms with Crippen molar-refractivity contribution in [3.05, 3.63) is 71.8 Å². The molecule has 2 aromatic rings. The van der Waals surface area contributed by atoms with Gasteiger partial charge in [0.25, 0.3) is 0 Å². The maximum atomic E-state index is 13.3. The minimum absolute atomic E-state index is 0.0157. The van der Waals surface area contributed by atoms with Crippen molar-refractivity contribution in [2.75, 3.05) is 6.26 Å². The van der Waals surface area contributed by atoms with Crippen molar-refractivity contribution in [2.45, 2.75) is 55.4 Å². The summed E-state index contributed by atoms with van der Waals surface area (Å²) < 4.78 is 24.1. The van der Waals surface area contributed by atoms with Crippen LogP contribution in [0.2, 0.25) is 0 Å². The van der Waals surface area contributed by atoms with Crippen LogP contribution in [-0.2, 0) is 14.6 Å². The fourth-order valence-electron chi connectivity index (χ4n) is 4.96. The van der Waals surface area contributed by atoms with Gasteiger partial charge in [-0.15, -0.1) is 0 Å². The molecule has 28 heavy (non-hydrogen) atoms. The third-order valence-electron chi connectivity index (χ3n) is 6.37. The van der Waals surface area contributed by atoms with E-state index in [0.29, 0.717) is 19.3 Å². The maximum absolute atomic E-state index is 13.3. The summed E-state index contributed by atoms with van der Waals surface area (Å²) in [5, 5.41) is -0.298. The van der Waals surface area contributed by atoms with Crippen LogP contribution in [0, 0.1) is 0 Å². The highest BCUT2D eigenvalue weighted by molar-refractivity contribution is 7.91. The topological polar surface area (TPSA) is 54.5 Å². The number of benzene rings is 2. The van der Waals surface area contributed by atoms with Crippen LogP contribution in [0.4, 0.5) is 0 Å². The van der Waals surface area contributed by atoms with E-state index in [-0.39, 0.29) is 29.2 Å². The Morgan fingerprint density at radius 3 is 1.82 bits per heavy atom. The molecule has 0 N–H and O–H groups in total. The molecular formula is C23H27NO3S. The molecule has 2 saturated heterocycles. The van der Waals surface area contributed by atoms with Crippen LogP contribution in [0.5, 0.6) is 0 Å². The number of hydrogen-bond acceptors (Lipinski definition) is 3. The van der Waals surface area contributed by atoms with Gasteiger partial charge in [-0.05, 0) is 36.8 Å². The standard InChI is InChI=1S/C23H27NO3S/c1-28(26,27)21-14-19-12-13-20(15-21)24(19)23(25)16-22(17-8-4-2-5-9-17)18-10-6-3-7-11-18/h2-11,19-22H,12-16H2,1H3. The Morgan fingerprint density at radius 2 is 1.39 bits per heavy atom. The molecule has 2 aliphatic heterocycles. The lowest BCUT2D eigenvalue weighted by molar-refractivity contribution is -0.135. The third kappa shape index (κ3) is 3.86. The van der Waals surface area contributed by atoms with Gasteiger partial charge in [0.1, 0.15) is 9.84 Å². The molecule has 1 amide bonds. The van der Waals surface area contributed by atoms with Gasteiger partial charge in [-0.3, -0.25) is 4.79 Å². The predicted octanol–water partition coefficient (Wildman–Crippen LogP) is 3.78. The summed E-state index contributed by atoms with van der Waals surface area (Å²) in [7, 11) is -3.05. The second kappa shape index (κ2) is 7.70. The quantitative estimate of drug-likeness (QED) is 0.772. The van der Waals surface area contributed by atoms with E-state index in [1.807, 2.05) is 41.3 Å².